The SMILES string of the molecule is Cc1cc(F)cc(CN2CCn3nc(CNc4ncccn4)cc3C2)c1. The fourth-order valence-electron chi connectivity index (χ4n) is 3.32. The van der Waals surface area contributed by atoms with Crippen LogP contribution >= 0.6 is 0 Å². The second kappa shape index (κ2) is 7.21. The first-order valence-corrected chi connectivity index (χ1v) is 8.70. The van der Waals surface area contributed by atoms with Crippen LogP contribution in [0.1, 0.15) is 22.5 Å². The zero-order chi connectivity index (χ0) is 17.9. The number of halogens is 1. The third kappa shape index (κ3) is 3.88. The van der Waals surface area contributed by atoms with Crippen molar-refractivity contribution < 1.29 is 4.39 Å². The Balaban J connectivity index is 1.40. The van der Waals surface area contributed by atoms with Gasteiger partial charge in [-0.15, -0.1) is 0 Å². The number of hydrogen-bond donors (Lipinski definition) is 1. The second-order valence-electron chi connectivity index (χ2n) is 6.62. The molecule has 0 spiro atoms. The van der Waals surface area contributed by atoms with Crippen molar-refractivity contribution in [1.82, 2.24) is 24.6 Å². The van der Waals surface area contributed by atoms with Crippen LogP contribution in [0.4, 0.5) is 10.3 Å². The molecule has 26 heavy (non-hydrogen) atoms. The summed E-state index contributed by atoms with van der Waals surface area (Å²) in [4.78, 5) is 10.6. The maximum absolute atomic E-state index is 13.6. The van der Waals surface area contributed by atoms with E-state index in [2.05, 4.69) is 36.0 Å². The van der Waals surface area contributed by atoms with Crippen LogP contribution < -0.4 is 5.32 Å². The molecule has 3 aromatic rings. The molecule has 0 atom stereocenters. The van der Waals surface area contributed by atoms with E-state index in [1.54, 1.807) is 30.6 Å². The third-order valence-corrected chi connectivity index (χ3v) is 4.43. The van der Waals surface area contributed by atoms with E-state index in [-0.39, 0.29) is 5.82 Å². The second-order valence-corrected chi connectivity index (χ2v) is 6.62. The first kappa shape index (κ1) is 16.7. The molecule has 0 fully saturated rings. The first-order chi connectivity index (χ1) is 12.7. The monoisotopic (exact) mass is 352 g/mol. The van der Waals surface area contributed by atoms with Crippen LogP contribution in [-0.4, -0.2) is 31.2 Å². The summed E-state index contributed by atoms with van der Waals surface area (Å²) in [6, 6.07) is 9.12. The number of hydrogen-bond acceptors (Lipinski definition) is 5. The van der Waals surface area contributed by atoms with Gasteiger partial charge in [0, 0.05) is 32.0 Å². The summed E-state index contributed by atoms with van der Waals surface area (Å²) in [5.41, 5.74) is 4.11. The molecule has 134 valence electrons. The van der Waals surface area contributed by atoms with E-state index < -0.39 is 0 Å². The van der Waals surface area contributed by atoms with Gasteiger partial charge >= 0.3 is 0 Å². The van der Waals surface area contributed by atoms with Crippen LogP contribution in [0.5, 0.6) is 0 Å². The molecule has 0 amide bonds. The summed E-state index contributed by atoms with van der Waals surface area (Å²) < 4.78 is 15.7. The summed E-state index contributed by atoms with van der Waals surface area (Å²) in [7, 11) is 0. The highest BCUT2D eigenvalue weighted by atomic mass is 19.1. The fourth-order valence-corrected chi connectivity index (χ4v) is 3.32. The molecule has 1 aliphatic rings. The lowest BCUT2D eigenvalue weighted by Crippen LogP contribution is -2.33. The maximum atomic E-state index is 13.6. The highest BCUT2D eigenvalue weighted by Gasteiger charge is 2.18. The molecule has 0 aliphatic carbocycles. The summed E-state index contributed by atoms with van der Waals surface area (Å²) in [6.45, 7) is 5.81. The highest BCUT2D eigenvalue weighted by Crippen LogP contribution is 2.18. The summed E-state index contributed by atoms with van der Waals surface area (Å²) >= 11 is 0. The lowest BCUT2D eigenvalue weighted by Gasteiger charge is -2.27. The molecule has 0 saturated carbocycles. The molecule has 1 N–H and O–H groups in total. The number of aryl methyl sites for hydroxylation is 1. The van der Waals surface area contributed by atoms with Gasteiger partial charge in [-0.05, 0) is 42.3 Å². The van der Waals surface area contributed by atoms with Crippen molar-refractivity contribution in [3.63, 3.8) is 0 Å². The number of nitrogens with zero attached hydrogens (tertiary/aromatic N) is 5. The van der Waals surface area contributed by atoms with Gasteiger partial charge < -0.3 is 5.32 Å². The van der Waals surface area contributed by atoms with Gasteiger partial charge in [0.2, 0.25) is 5.95 Å². The van der Waals surface area contributed by atoms with Crippen molar-refractivity contribution in [2.45, 2.75) is 33.1 Å². The largest absolute Gasteiger partial charge is 0.348 e. The van der Waals surface area contributed by atoms with Gasteiger partial charge in [-0.3, -0.25) is 9.58 Å². The number of fused-ring (bicyclic) bond motifs is 1. The quantitative estimate of drug-likeness (QED) is 0.765. The van der Waals surface area contributed by atoms with E-state index in [0.717, 1.165) is 43.0 Å². The Hall–Kier alpha value is -2.80. The Morgan fingerprint density at radius 3 is 2.77 bits per heavy atom. The number of nitrogens with one attached hydrogen (secondary N) is 1. The summed E-state index contributed by atoms with van der Waals surface area (Å²) in [5.74, 6) is 0.431. The first-order valence-electron chi connectivity index (χ1n) is 8.70. The van der Waals surface area contributed by atoms with Crippen molar-refractivity contribution >= 4 is 5.95 Å². The van der Waals surface area contributed by atoms with Crippen molar-refractivity contribution in [3.8, 4) is 0 Å². The van der Waals surface area contributed by atoms with Crippen LogP contribution in [-0.2, 0) is 26.2 Å². The van der Waals surface area contributed by atoms with Gasteiger partial charge in [0.05, 0.1) is 24.5 Å². The van der Waals surface area contributed by atoms with Gasteiger partial charge in [0.1, 0.15) is 5.82 Å². The van der Waals surface area contributed by atoms with Gasteiger partial charge in [-0.2, -0.15) is 5.10 Å². The Labute approximate surface area is 151 Å². The number of aromatic nitrogens is 4. The Bertz CT molecular complexity index is 872. The van der Waals surface area contributed by atoms with Gasteiger partial charge in [-0.25, -0.2) is 14.4 Å². The van der Waals surface area contributed by atoms with Crippen LogP contribution in [0.15, 0.2) is 42.7 Å². The molecular formula is C19H21FN6. The molecule has 6 nitrogen and oxygen atoms in total. The topological polar surface area (TPSA) is 58.9 Å². The van der Waals surface area contributed by atoms with Crippen molar-refractivity contribution in [2.75, 3.05) is 11.9 Å². The molecule has 3 heterocycles. The lowest BCUT2D eigenvalue weighted by atomic mass is 10.1. The summed E-state index contributed by atoms with van der Waals surface area (Å²) in [6.07, 6.45) is 3.42. The minimum Gasteiger partial charge on any atom is -0.348 e. The van der Waals surface area contributed by atoms with Gasteiger partial charge in [0.25, 0.3) is 0 Å². The standard InChI is InChI=1S/C19H21FN6/c1-14-7-15(9-16(20)8-14)12-25-5-6-26-18(13-25)10-17(24-26)11-23-19-21-3-2-4-22-19/h2-4,7-10H,5-6,11-13H2,1H3,(H,21,22,23). The molecule has 0 bridgehead atoms. The molecule has 2 aromatic heterocycles. The van der Waals surface area contributed by atoms with E-state index >= 15 is 0 Å². The molecule has 1 aliphatic heterocycles. The van der Waals surface area contributed by atoms with Crippen LogP contribution in [0.3, 0.4) is 0 Å². The summed E-state index contributed by atoms with van der Waals surface area (Å²) in [5, 5.41) is 7.83. The van der Waals surface area contributed by atoms with E-state index in [4.69, 9.17) is 0 Å². The smallest absolute Gasteiger partial charge is 0.222 e. The number of rotatable bonds is 5. The molecular weight excluding hydrogens is 331 g/mol. The Morgan fingerprint density at radius 2 is 1.96 bits per heavy atom. The zero-order valence-corrected chi connectivity index (χ0v) is 14.7. The van der Waals surface area contributed by atoms with Crippen molar-refractivity contribution in [3.05, 3.63) is 71.1 Å². The predicted molar refractivity (Wildman–Crippen MR) is 96.8 cm³/mol. The highest BCUT2D eigenvalue weighted by molar-refractivity contribution is 5.26. The minimum absolute atomic E-state index is 0.168. The Morgan fingerprint density at radius 1 is 1.12 bits per heavy atom. The predicted octanol–water partition coefficient (Wildman–Crippen LogP) is 2.75. The molecule has 4 rings (SSSR count). The van der Waals surface area contributed by atoms with Crippen LogP contribution in [0.25, 0.3) is 0 Å². The normalized spacial score (nSPS) is 14.2. The van der Waals surface area contributed by atoms with E-state index in [1.165, 1.54) is 5.69 Å². The van der Waals surface area contributed by atoms with E-state index in [1.807, 2.05) is 13.0 Å². The number of anilines is 1. The Kier molecular flexibility index (Phi) is 4.62. The third-order valence-electron chi connectivity index (χ3n) is 4.43. The lowest BCUT2D eigenvalue weighted by molar-refractivity contribution is 0.205. The van der Waals surface area contributed by atoms with Crippen LogP contribution in [0, 0.1) is 12.7 Å². The maximum Gasteiger partial charge on any atom is 0.222 e. The van der Waals surface area contributed by atoms with E-state index in [0.29, 0.717) is 12.5 Å². The van der Waals surface area contributed by atoms with Crippen molar-refractivity contribution in [1.29, 1.82) is 0 Å². The van der Waals surface area contributed by atoms with Crippen LogP contribution in [0.2, 0.25) is 0 Å². The fraction of sp³-hybridized carbons (Fsp3) is 0.316. The van der Waals surface area contributed by atoms with Gasteiger partial charge in [0.15, 0.2) is 0 Å². The minimum atomic E-state index is -0.168. The number of benzene rings is 1. The zero-order valence-electron chi connectivity index (χ0n) is 14.7. The van der Waals surface area contributed by atoms with Gasteiger partial charge in [-0.1, -0.05) is 6.07 Å². The molecule has 0 unspecified atom stereocenters. The molecule has 0 saturated heterocycles. The van der Waals surface area contributed by atoms with Crippen molar-refractivity contribution in [2.24, 2.45) is 0 Å². The molecule has 0 radical (unpaired) electrons. The molecule has 1 aromatic carbocycles. The average Bonchev–Trinajstić information content (AvgIpc) is 3.02. The average molecular weight is 352 g/mol. The molecule has 7 heteroatoms. The van der Waals surface area contributed by atoms with E-state index in [9.17, 15) is 4.39 Å².